The number of primary amides is 1. The number of carbonyl (C=O) groups is 7. The maximum absolute atomic E-state index is 12.9. The Bertz CT molecular complexity index is 816. The van der Waals surface area contributed by atoms with Crippen molar-refractivity contribution in [3.8, 4) is 0 Å². The summed E-state index contributed by atoms with van der Waals surface area (Å²) in [4.78, 5) is 81.9. The van der Waals surface area contributed by atoms with Crippen LogP contribution in [0.2, 0.25) is 0 Å². The van der Waals surface area contributed by atoms with Gasteiger partial charge < -0.3 is 42.7 Å². The number of nitrogens with two attached hydrogens (primary N) is 2. The first-order valence-electron chi connectivity index (χ1n) is 10.7. The molecule has 0 radical (unpaired) electrons. The van der Waals surface area contributed by atoms with Crippen LogP contribution in [0.5, 0.6) is 0 Å². The highest BCUT2D eigenvalue weighted by Gasteiger charge is 2.31. The quantitative estimate of drug-likeness (QED) is 0.103. The molecular formula is C20H33N5O10. The zero-order valence-corrected chi connectivity index (χ0v) is 19.5. The average molecular weight is 504 g/mol. The Hall–Kier alpha value is -3.75. The molecule has 4 unspecified atom stereocenters. The number of nitrogens with one attached hydrogen (secondary N) is 3. The molecule has 0 aromatic carbocycles. The molecule has 0 aromatic heterocycles. The molecule has 0 saturated heterocycles. The molecule has 0 heterocycles. The summed E-state index contributed by atoms with van der Waals surface area (Å²) in [5.41, 5.74) is 10.6. The molecule has 0 saturated carbocycles. The molecule has 35 heavy (non-hydrogen) atoms. The van der Waals surface area contributed by atoms with Crippen molar-refractivity contribution in [2.45, 2.75) is 76.5 Å². The fraction of sp³-hybridized carbons (Fsp3) is 0.650. The van der Waals surface area contributed by atoms with E-state index in [1.807, 2.05) is 5.32 Å². The van der Waals surface area contributed by atoms with E-state index in [2.05, 4.69) is 10.6 Å². The molecule has 0 rings (SSSR count). The highest BCUT2D eigenvalue weighted by Crippen LogP contribution is 2.08. The molecule has 0 aliphatic heterocycles. The number of carboxylic acid groups (broad SMARTS) is 3. The largest absolute Gasteiger partial charge is 0.481 e. The highest BCUT2D eigenvalue weighted by atomic mass is 16.4. The Kier molecular flexibility index (Phi) is 13.6. The lowest BCUT2D eigenvalue weighted by Gasteiger charge is -2.25. The van der Waals surface area contributed by atoms with Crippen molar-refractivity contribution in [1.29, 1.82) is 0 Å². The van der Waals surface area contributed by atoms with Crippen LogP contribution >= 0.6 is 0 Å². The zero-order chi connectivity index (χ0) is 27.3. The van der Waals surface area contributed by atoms with Crippen molar-refractivity contribution in [3.63, 3.8) is 0 Å². The molecule has 0 spiro atoms. The van der Waals surface area contributed by atoms with Crippen molar-refractivity contribution in [3.05, 3.63) is 0 Å². The van der Waals surface area contributed by atoms with Crippen LogP contribution in [0.15, 0.2) is 0 Å². The molecular weight excluding hydrogens is 470 g/mol. The van der Waals surface area contributed by atoms with Crippen molar-refractivity contribution >= 4 is 41.5 Å². The van der Waals surface area contributed by atoms with Gasteiger partial charge in [0.05, 0.1) is 12.5 Å². The van der Waals surface area contributed by atoms with Crippen LogP contribution in [0.25, 0.3) is 0 Å². The van der Waals surface area contributed by atoms with Crippen LogP contribution in [-0.2, 0) is 33.6 Å². The molecule has 198 valence electrons. The van der Waals surface area contributed by atoms with E-state index in [0.29, 0.717) is 0 Å². The number of amides is 4. The van der Waals surface area contributed by atoms with E-state index in [1.54, 1.807) is 13.8 Å². The molecule has 0 aliphatic rings. The summed E-state index contributed by atoms with van der Waals surface area (Å²) in [5, 5.41) is 33.6. The second-order valence-electron chi connectivity index (χ2n) is 8.29. The van der Waals surface area contributed by atoms with Crippen molar-refractivity contribution in [1.82, 2.24) is 16.0 Å². The van der Waals surface area contributed by atoms with Gasteiger partial charge in [-0.15, -0.1) is 0 Å². The van der Waals surface area contributed by atoms with Crippen LogP contribution in [0, 0.1) is 5.92 Å². The third-order valence-electron chi connectivity index (χ3n) is 4.65. The summed E-state index contributed by atoms with van der Waals surface area (Å²) in [6.07, 6.45) is -2.18. The molecule has 4 atom stereocenters. The van der Waals surface area contributed by atoms with E-state index in [9.17, 15) is 33.6 Å². The maximum atomic E-state index is 12.9. The second-order valence-corrected chi connectivity index (χ2v) is 8.29. The van der Waals surface area contributed by atoms with E-state index in [0.717, 1.165) is 0 Å². The van der Waals surface area contributed by atoms with Gasteiger partial charge >= 0.3 is 17.9 Å². The smallest absolute Gasteiger partial charge is 0.326 e. The van der Waals surface area contributed by atoms with Crippen molar-refractivity contribution in [2.24, 2.45) is 17.4 Å². The first kappa shape index (κ1) is 31.2. The minimum absolute atomic E-state index is 0.0932. The summed E-state index contributed by atoms with van der Waals surface area (Å²) >= 11 is 0. The normalized spacial score (nSPS) is 14.2. The topological polar surface area (TPSA) is 268 Å². The highest BCUT2D eigenvalue weighted by molar-refractivity contribution is 5.95. The second kappa shape index (κ2) is 15.2. The lowest BCUT2D eigenvalue weighted by atomic mass is 10.0. The van der Waals surface area contributed by atoms with Crippen LogP contribution in [0.1, 0.15) is 52.4 Å². The van der Waals surface area contributed by atoms with Gasteiger partial charge in [0.25, 0.3) is 0 Å². The van der Waals surface area contributed by atoms with Crippen LogP contribution in [0.3, 0.4) is 0 Å². The van der Waals surface area contributed by atoms with E-state index < -0.39 is 85.0 Å². The van der Waals surface area contributed by atoms with Gasteiger partial charge in [0, 0.05) is 12.8 Å². The van der Waals surface area contributed by atoms with Crippen molar-refractivity contribution in [2.75, 3.05) is 0 Å². The Morgan fingerprint density at radius 3 is 1.63 bits per heavy atom. The number of aliphatic carboxylic acids is 3. The third kappa shape index (κ3) is 13.5. The van der Waals surface area contributed by atoms with Gasteiger partial charge in [-0.3, -0.25) is 28.8 Å². The van der Waals surface area contributed by atoms with Gasteiger partial charge in [0.2, 0.25) is 23.6 Å². The SMILES string of the molecule is CC(C)CC(NC(=O)C(N)CCC(=O)O)C(=O)NC(CCC(=O)O)C(=O)NC(CC(N)=O)C(=O)O. The van der Waals surface area contributed by atoms with E-state index >= 15 is 0 Å². The number of hydrogen-bond donors (Lipinski definition) is 8. The fourth-order valence-electron chi connectivity index (χ4n) is 2.87. The summed E-state index contributed by atoms with van der Waals surface area (Å²) in [5.74, 6) is -7.90. The minimum atomic E-state index is -1.71. The number of carboxylic acids is 3. The van der Waals surface area contributed by atoms with Gasteiger partial charge in [-0.05, 0) is 25.2 Å². The zero-order valence-electron chi connectivity index (χ0n) is 19.5. The predicted octanol–water partition coefficient (Wildman–Crippen LogP) is -2.50. The standard InChI is InChI=1S/C20H33N5O10/c1-9(2)7-12(24-17(31)10(21)3-5-15(27)28)19(33)23-11(4-6-16(29)30)18(32)25-13(20(34)35)8-14(22)26/h9-13H,3-8,21H2,1-2H3,(H2,22,26)(H,23,33)(H,24,31)(H,25,32)(H,27,28)(H,29,30)(H,34,35). The first-order valence-corrected chi connectivity index (χ1v) is 10.7. The monoisotopic (exact) mass is 503 g/mol. The molecule has 0 fully saturated rings. The number of rotatable bonds is 17. The molecule has 0 aliphatic carbocycles. The van der Waals surface area contributed by atoms with Gasteiger partial charge in [-0.2, -0.15) is 0 Å². The van der Waals surface area contributed by atoms with Gasteiger partial charge in [-0.1, -0.05) is 13.8 Å². The Morgan fingerprint density at radius 1 is 0.714 bits per heavy atom. The summed E-state index contributed by atoms with van der Waals surface area (Å²) in [7, 11) is 0. The summed E-state index contributed by atoms with van der Waals surface area (Å²) in [6.45, 7) is 3.49. The van der Waals surface area contributed by atoms with Crippen LogP contribution in [0.4, 0.5) is 0 Å². The van der Waals surface area contributed by atoms with E-state index in [1.165, 1.54) is 0 Å². The van der Waals surface area contributed by atoms with Gasteiger partial charge in [0.1, 0.15) is 18.1 Å². The van der Waals surface area contributed by atoms with Crippen LogP contribution < -0.4 is 27.4 Å². The lowest BCUT2D eigenvalue weighted by Crippen LogP contribution is -2.57. The number of carbonyl (C=O) groups excluding carboxylic acids is 4. The fourth-order valence-corrected chi connectivity index (χ4v) is 2.87. The Labute approximate surface area is 201 Å². The molecule has 0 bridgehead atoms. The molecule has 15 nitrogen and oxygen atoms in total. The van der Waals surface area contributed by atoms with Gasteiger partial charge in [-0.25, -0.2) is 4.79 Å². The molecule has 10 N–H and O–H groups in total. The van der Waals surface area contributed by atoms with Crippen LogP contribution in [-0.4, -0.2) is 81.0 Å². The molecule has 4 amide bonds. The Balaban J connectivity index is 5.57. The van der Waals surface area contributed by atoms with E-state index in [4.69, 9.17) is 26.8 Å². The summed E-state index contributed by atoms with van der Waals surface area (Å²) < 4.78 is 0. The van der Waals surface area contributed by atoms with Gasteiger partial charge in [0.15, 0.2) is 0 Å². The minimum Gasteiger partial charge on any atom is -0.481 e. The Morgan fingerprint density at radius 2 is 1.17 bits per heavy atom. The van der Waals surface area contributed by atoms with E-state index in [-0.39, 0.29) is 25.2 Å². The predicted molar refractivity (Wildman–Crippen MR) is 118 cm³/mol. The van der Waals surface area contributed by atoms with Crippen molar-refractivity contribution < 1.29 is 48.9 Å². The first-order chi connectivity index (χ1) is 16.1. The molecule has 0 aromatic rings. The number of hydrogen-bond acceptors (Lipinski definition) is 8. The maximum Gasteiger partial charge on any atom is 0.326 e. The molecule has 15 heteroatoms. The third-order valence-corrected chi connectivity index (χ3v) is 4.65. The summed E-state index contributed by atoms with van der Waals surface area (Å²) in [6, 6.07) is -5.65. The lowest BCUT2D eigenvalue weighted by molar-refractivity contribution is -0.144. The average Bonchev–Trinajstić information content (AvgIpc) is 2.72.